The number of rotatable bonds is 5. The highest BCUT2D eigenvalue weighted by atomic mass is 79.9. The van der Waals surface area contributed by atoms with Crippen molar-refractivity contribution in [2.75, 3.05) is 6.54 Å². The molecule has 0 fully saturated rings. The van der Waals surface area contributed by atoms with Gasteiger partial charge in [-0.3, -0.25) is 4.98 Å². The Morgan fingerprint density at radius 3 is 2.61 bits per heavy atom. The maximum absolute atomic E-state index is 5.82. The molecule has 4 heteroatoms. The molecule has 2 N–H and O–H groups in total. The molecule has 1 unspecified atom stereocenters. The van der Waals surface area contributed by atoms with Crippen molar-refractivity contribution in [3.8, 4) is 0 Å². The first-order chi connectivity index (χ1) is 8.79. The van der Waals surface area contributed by atoms with Crippen molar-refractivity contribution < 1.29 is 4.74 Å². The molecule has 0 aliphatic heterocycles. The Kier molecular flexibility index (Phi) is 4.87. The van der Waals surface area contributed by atoms with E-state index >= 15 is 0 Å². The lowest BCUT2D eigenvalue weighted by molar-refractivity contribution is 0.0454. The Labute approximate surface area is 115 Å². The van der Waals surface area contributed by atoms with E-state index in [-0.39, 0.29) is 6.10 Å². The van der Waals surface area contributed by atoms with Crippen LogP contribution in [0.2, 0.25) is 0 Å². The Morgan fingerprint density at radius 1 is 1.22 bits per heavy atom. The lowest BCUT2D eigenvalue weighted by Gasteiger charge is -2.16. The van der Waals surface area contributed by atoms with Crippen LogP contribution in [0, 0.1) is 0 Å². The highest BCUT2D eigenvalue weighted by Gasteiger charge is 2.09. The summed E-state index contributed by atoms with van der Waals surface area (Å²) in [4.78, 5) is 4.08. The zero-order valence-corrected chi connectivity index (χ0v) is 11.5. The van der Waals surface area contributed by atoms with E-state index < -0.39 is 0 Å². The third-order valence-corrected chi connectivity index (χ3v) is 3.16. The van der Waals surface area contributed by atoms with Crippen LogP contribution in [-0.4, -0.2) is 11.5 Å². The normalized spacial score (nSPS) is 12.3. The Balaban J connectivity index is 1.97. The van der Waals surface area contributed by atoms with Gasteiger partial charge in [0.2, 0.25) is 0 Å². The number of aromatic nitrogens is 1. The Hall–Kier alpha value is -1.23. The van der Waals surface area contributed by atoms with E-state index in [0.29, 0.717) is 13.2 Å². The van der Waals surface area contributed by atoms with Gasteiger partial charge in [0, 0.05) is 29.0 Å². The molecule has 2 rings (SSSR count). The lowest BCUT2D eigenvalue weighted by Crippen LogP contribution is -2.16. The van der Waals surface area contributed by atoms with Crippen molar-refractivity contribution >= 4 is 15.9 Å². The summed E-state index contributed by atoms with van der Waals surface area (Å²) in [5, 5.41) is 0. The fourth-order valence-electron chi connectivity index (χ4n) is 1.64. The third kappa shape index (κ3) is 3.63. The molecule has 0 saturated carbocycles. The van der Waals surface area contributed by atoms with E-state index in [1.165, 1.54) is 0 Å². The number of nitrogens with two attached hydrogens (primary N) is 1. The number of pyridine rings is 1. The molecule has 0 amide bonds. The van der Waals surface area contributed by atoms with Crippen molar-refractivity contribution in [3.63, 3.8) is 0 Å². The summed E-state index contributed by atoms with van der Waals surface area (Å²) in [6.45, 7) is 0.992. The van der Waals surface area contributed by atoms with E-state index in [1.54, 1.807) is 12.4 Å². The average Bonchev–Trinajstić information content (AvgIpc) is 2.43. The SMILES string of the molecule is NCC(OCc1ccc(Br)cc1)c1cccnc1. The smallest absolute Gasteiger partial charge is 0.0966 e. The zero-order chi connectivity index (χ0) is 12.8. The summed E-state index contributed by atoms with van der Waals surface area (Å²) in [7, 11) is 0. The predicted molar refractivity (Wildman–Crippen MR) is 75.0 cm³/mol. The standard InChI is InChI=1S/C14H15BrN2O/c15-13-5-3-11(4-6-13)10-18-14(8-16)12-2-1-7-17-9-12/h1-7,9,14H,8,10,16H2. The lowest BCUT2D eigenvalue weighted by atomic mass is 10.1. The molecular formula is C14H15BrN2O. The van der Waals surface area contributed by atoms with E-state index in [9.17, 15) is 0 Å². The third-order valence-electron chi connectivity index (χ3n) is 2.63. The van der Waals surface area contributed by atoms with Gasteiger partial charge >= 0.3 is 0 Å². The molecule has 1 heterocycles. The summed E-state index contributed by atoms with van der Waals surface area (Å²) in [5.74, 6) is 0. The first-order valence-electron chi connectivity index (χ1n) is 5.75. The largest absolute Gasteiger partial charge is 0.367 e. The highest BCUT2D eigenvalue weighted by molar-refractivity contribution is 9.10. The quantitative estimate of drug-likeness (QED) is 0.923. The number of hydrogen-bond donors (Lipinski definition) is 1. The summed E-state index contributed by atoms with van der Waals surface area (Å²) in [6, 6.07) is 11.9. The van der Waals surface area contributed by atoms with Crippen LogP contribution >= 0.6 is 15.9 Å². The molecule has 0 aliphatic rings. The second-order valence-corrected chi connectivity index (χ2v) is 4.86. The van der Waals surface area contributed by atoms with Crippen LogP contribution < -0.4 is 5.73 Å². The Morgan fingerprint density at radius 2 is 2.00 bits per heavy atom. The molecule has 0 bridgehead atoms. The molecule has 0 aliphatic carbocycles. The summed E-state index contributed by atoms with van der Waals surface area (Å²) in [6.07, 6.45) is 3.42. The van der Waals surface area contributed by atoms with Gasteiger partial charge in [-0.15, -0.1) is 0 Å². The molecule has 18 heavy (non-hydrogen) atoms. The van der Waals surface area contributed by atoms with Gasteiger partial charge in [0.15, 0.2) is 0 Å². The van der Waals surface area contributed by atoms with E-state index in [0.717, 1.165) is 15.6 Å². The first kappa shape index (κ1) is 13.2. The van der Waals surface area contributed by atoms with Crippen LogP contribution in [0.1, 0.15) is 17.2 Å². The van der Waals surface area contributed by atoms with Crippen LogP contribution in [0.25, 0.3) is 0 Å². The topological polar surface area (TPSA) is 48.1 Å². The molecule has 1 aromatic carbocycles. The van der Waals surface area contributed by atoms with Crippen molar-refractivity contribution in [2.45, 2.75) is 12.7 Å². The fraction of sp³-hybridized carbons (Fsp3) is 0.214. The molecule has 1 aromatic heterocycles. The van der Waals surface area contributed by atoms with Crippen LogP contribution in [0.5, 0.6) is 0 Å². The maximum atomic E-state index is 5.82. The zero-order valence-electron chi connectivity index (χ0n) is 9.92. The summed E-state index contributed by atoms with van der Waals surface area (Å²) in [5.41, 5.74) is 7.87. The summed E-state index contributed by atoms with van der Waals surface area (Å²) < 4.78 is 6.89. The van der Waals surface area contributed by atoms with Gasteiger partial charge in [-0.05, 0) is 23.8 Å². The molecule has 0 saturated heterocycles. The van der Waals surface area contributed by atoms with Crippen molar-refractivity contribution in [3.05, 3.63) is 64.4 Å². The van der Waals surface area contributed by atoms with Gasteiger partial charge in [0.1, 0.15) is 0 Å². The molecule has 2 aromatic rings. The van der Waals surface area contributed by atoms with Crippen molar-refractivity contribution in [2.24, 2.45) is 5.73 Å². The Bertz CT molecular complexity index is 473. The van der Waals surface area contributed by atoms with Gasteiger partial charge < -0.3 is 10.5 Å². The van der Waals surface area contributed by atoms with Crippen molar-refractivity contribution in [1.82, 2.24) is 4.98 Å². The van der Waals surface area contributed by atoms with Crippen LogP contribution in [0.15, 0.2) is 53.3 Å². The number of halogens is 1. The van der Waals surface area contributed by atoms with Gasteiger partial charge in [0.05, 0.1) is 12.7 Å². The maximum Gasteiger partial charge on any atom is 0.0966 e. The number of hydrogen-bond acceptors (Lipinski definition) is 3. The summed E-state index contributed by atoms with van der Waals surface area (Å²) >= 11 is 3.41. The molecular weight excluding hydrogens is 292 g/mol. The van der Waals surface area contributed by atoms with Gasteiger partial charge in [-0.25, -0.2) is 0 Å². The van der Waals surface area contributed by atoms with Gasteiger partial charge in [-0.2, -0.15) is 0 Å². The number of ether oxygens (including phenoxy) is 1. The highest BCUT2D eigenvalue weighted by Crippen LogP contribution is 2.18. The first-order valence-corrected chi connectivity index (χ1v) is 6.55. The second-order valence-electron chi connectivity index (χ2n) is 3.95. The van der Waals surface area contributed by atoms with Crippen LogP contribution in [0.4, 0.5) is 0 Å². The van der Waals surface area contributed by atoms with Crippen molar-refractivity contribution in [1.29, 1.82) is 0 Å². The molecule has 94 valence electrons. The van der Waals surface area contributed by atoms with Gasteiger partial charge in [0.25, 0.3) is 0 Å². The molecule has 0 radical (unpaired) electrons. The van der Waals surface area contributed by atoms with Crippen LogP contribution in [-0.2, 0) is 11.3 Å². The minimum Gasteiger partial charge on any atom is -0.367 e. The number of nitrogens with zero attached hydrogens (tertiary/aromatic N) is 1. The number of benzene rings is 1. The van der Waals surface area contributed by atoms with E-state index in [2.05, 4.69) is 20.9 Å². The van der Waals surface area contributed by atoms with E-state index in [1.807, 2.05) is 36.4 Å². The van der Waals surface area contributed by atoms with E-state index in [4.69, 9.17) is 10.5 Å². The minimum atomic E-state index is -0.109. The minimum absolute atomic E-state index is 0.109. The molecule has 1 atom stereocenters. The predicted octanol–water partition coefficient (Wildman–Crippen LogP) is 3.06. The molecule has 3 nitrogen and oxygen atoms in total. The average molecular weight is 307 g/mol. The van der Waals surface area contributed by atoms with Gasteiger partial charge in [-0.1, -0.05) is 34.1 Å². The monoisotopic (exact) mass is 306 g/mol. The molecule has 0 spiro atoms. The fourth-order valence-corrected chi connectivity index (χ4v) is 1.91. The van der Waals surface area contributed by atoms with Crippen LogP contribution in [0.3, 0.4) is 0 Å². The second kappa shape index (κ2) is 6.64.